The van der Waals surface area contributed by atoms with E-state index in [1.165, 1.54) is 44.6 Å². The molecule has 0 aliphatic carbocycles. The van der Waals surface area contributed by atoms with E-state index in [9.17, 15) is 14.4 Å². The fourth-order valence-corrected chi connectivity index (χ4v) is 3.10. The summed E-state index contributed by atoms with van der Waals surface area (Å²) in [5, 5.41) is 12.5. The Morgan fingerprint density at radius 2 is 1.73 bits per heavy atom. The van der Waals surface area contributed by atoms with Crippen LogP contribution in [0.3, 0.4) is 0 Å². The van der Waals surface area contributed by atoms with Gasteiger partial charge in [-0.05, 0) is 41.5 Å². The molecule has 3 aromatic carbocycles. The Labute approximate surface area is 195 Å². The summed E-state index contributed by atoms with van der Waals surface area (Å²) in [5.74, 6) is 0.357. The molecule has 1 N–H and O–H groups in total. The van der Waals surface area contributed by atoms with Crippen LogP contribution < -0.4 is 19.5 Å². The lowest BCUT2D eigenvalue weighted by Crippen LogP contribution is -2.14. The second-order valence-corrected chi connectivity index (χ2v) is 7.20. The van der Waals surface area contributed by atoms with Crippen LogP contribution in [0, 0.1) is 17.1 Å². The monoisotopic (exact) mass is 466 g/mol. The van der Waals surface area contributed by atoms with Gasteiger partial charge in [0.05, 0.1) is 24.9 Å². The van der Waals surface area contributed by atoms with Gasteiger partial charge >= 0.3 is 0 Å². The summed E-state index contributed by atoms with van der Waals surface area (Å²) < 4.78 is 29.1. The molecule has 3 aromatic rings. The smallest absolute Gasteiger partial charge is 0.266 e. The Kier molecular flexibility index (Phi) is 7.90. The van der Waals surface area contributed by atoms with E-state index in [4.69, 9.17) is 25.8 Å². The van der Waals surface area contributed by atoms with E-state index in [1.54, 1.807) is 36.4 Å². The van der Waals surface area contributed by atoms with Crippen LogP contribution >= 0.6 is 11.6 Å². The number of hydrogen-bond acceptors (Lipinski definition) is 5. The molecule has 0 fully saturated rings. The average Bonchev–Trinajstić information content (AvgIpc) is 2.83. The Balaban J connectivity index is 1.70. The fraction of sp³-hybridized carbons (Fsp3) is 0.120. The molecule has 0 spiro atoms. The maximum Gasteiger partial charge on any atom is 0.266 e. The molecule has 0 atom stereocenters. The summed E-state index contributed by atoms with van der Waals surface area (Å²) in [5.41, 5.74) is 1.68. The predicted octanol–water partition coefficient (Wildman–Crippen LogP) is 5.62. The van der Waals surface area contributed by atoms with Crippen LogP contribution in [0.2, 0.25) is 5.02 Å². The zero-order valence-electron chi connectivity index (χ0n) is 17.9. The summed E-state index contributed by atoms with van der Waals surface area (Å²) in [6, 6.07) is 17.8. The number of ether oxygens (including phenoxy) is 3. The number of hydrogen-bond donors (Lipinski definition) is 1. The molecule has 0 aliphatic rings. The third kappa shape index (κ3) is 6.25. The molecule has 3 rings (SSSR count). The van der Waals surface area contributed by atoms with Crippen molar-refractivity contribution in [2.24, 2.45) is 0 Å². The van der Waals surface area contributed by atoms with Gasteiger partial charge in [-0.2, -0.15) is 5.26 Å². The molecule has 0 unspecified atom stereocenters. The largest absolute Gasteiger partial charge is 0.495 e. The lowest BCUT2D eigenvalue weighted by atomic mass is 10.1. The number of methoxy groups -OCH3 is 2. The summed E-state index contributed by atoms with van der Waals surface area (Å²) in [6.07, 6.45) is 1.46. The van der Waals surface area contributed by atoms with Crippen LogP contribution in [0.5, 0.6) is 17.2 Å². The van der Waals surface area contributed by atoms with Crippen molar-refractivity contribution >= 4 is 29.3 Å². The Bertz CT molecular complexity index is 1200. The summed E-state index contributed by atoms with van der Waals surface area (Å²) >= 11 is 6.08. The highest BCUT2D eigenvalue weighted by Crippen LogP contribution is 2.36. The van der Waals surface area contributed by atoms with Gasteiger partial charge in [-0.15, -0.1) is 0 Å². The van der Waals surface area contributed by atoms with Crippen molar-refractivity contribution in [3.8, 4) is 23.3 Å². The number of nitrogens with one attached hydrogen (secondary N) is 1. The standard InChI is InChI=1S/C25H20ClFN2O4/c1-31-23-13-22(24(32-2)12-21(23)26)29-25(30)18(14-28)11-16-5-9-20(10-6-16)33-15-17-3-7-19(27)8-4-17/h3-13H,15H2,1-2H3,(H,29,30)/b18-11+. The van der Waals surface area contributed by atoms with Gasteiger partial charge in [0.1, 0.15) is 41.3 Å². The quantitative estimate of drug-likeness (QED) is 0.344. The minimum atomic E-state index is -0.614. The van der Waals surface area contributed by atoms with Crippen LogP contribution in [-0.4, -0.2) is 20.1 Å². The van der Waals surface area contributed by atoms with Crippen LogP contribution in [0.4, 0.5) is 10.1 Å². The predicted molar refractivity (Wildman–Crippen MR) is 124 cm³/mol. The van der Waals surface area contributed by atoms with E-state index in [2.05, 4.69) is 5.32 Å². The van der Waals surface area contributed by atoms with Gasteiger partial charge < -0.3 is 19.5 Å². The number of carbonyl (C=O) groups excluding carboxylic acids is 1. The number of nitrogens with zero attached hydrogens (tertiary/aromatic N) is 1. The molecule has 6 nitrogen and oxygen atoms in total. The Morgan fingerprint density at radius 1 is 1.06 bits per heavy atom. The average molecular weight is 467 g/mol. The van der Waals surface area contributed by atoms with E-state index in [1.807, 2.05) is 6.07 Å². The van der Waals surface area contributed by atoms with Gasteiger partial charge in [-0.25, -0.2) is 4.39 Å². The number of anilines is 1. The number of halogens is 2. The summed E-state index contributed by atoms with van der Waals surface area (Å²) in [7, 11) is 2.89. The SMILES string of the molecule is COc1cc(NC(=O)/C(C#N)=C/c2ccc(OCc3ccc(F)cc3)cc2)c(OC)cc1Cl. The highest BCUT2D eigenvalue weighted by molar-refractivity contribution is 6.32. The van der Waals surface area contributed by atoms with Crippen LogP contribution in [0.15, 0.2) is 66.2 Å². The van der Waals surface area contributed by atoms with Crippen LogP contribution in [0.25, 0.3) is 6.08 Å². The van der Waals surface area contributed by atoms with Crippen molar-refractivity contribution < 1.29 is 23.4 Å². The zero-order chi connectivity index (χ0) is 23.8. The van der Waals surface area contributed by atoms with Crippen LogP contribution in [-0.2, 0) is 11.4 Å². The van der Waals surface area contributed by atoms with Crippen molar-refractivity contribution in [1.29, 1.82) is 5.26 Å². The van der Waals surface area contributed by atoms with Crippen molar-refractivity contribution in [2.45, 2.75) is 6.61 Å². The molecular weight excluding hydrogens is 447 g/mol. The van der Waals surface area contributed by atoms with Gasteiger partial charge in [-0.1, -0.05) is 35.9 Å². The number of benzene rings is 3. The number of rotatable bonds is 8. The van der Waals surface area contributed by atoms with E-state index in [0.29, 0.717) is 33.5 Å². The molecule has 8 heteroatoms. The first-order valence-corrected chi connectivity index (χ1v) is 10.1. The van der Waals surface area contributed by atoms with Gasteiger partial charge in [0.2, 0.25) is 0 Å². The number of nitriles is 1. The lowest BCUT2D eigenvalue weighted by Gasteiger charge is -2.13. The highest BCUT2D eigenvalue weighted by Gasteiger charge is 2.15. The van der Waals surface area contributed by atoms with E-state index >= 15 is 0 Å². The van der Waals surface area contributed by atoms with E-state index in [-0.39, 0.29) is 18.0 Å². The van der Waals surface area contributed by atoms with Gasteiger partial charge in [-0.3, -0.25) is 4.79 Å². The number of amides is 1. The third-order valence-corrected chi connectivity index (χ3v) is 4.89. The van der Waals surface area contributed by atoms with Gasteiger partial charge in [0.15, 0.2) is 0 Å². The van der Waals surface area contributed by atoms with Gasteiger partial charge in [0, 0.05) is 12.1 Å². The van der Waals surface area contributed by atoms with E-state index in [0.717, 1.165) is 5.56 Å². The van der Waals surface area contributed by atoms with Gasteiger partial charge in [0.25, 0.3) is 5.91 Å². The molecule has 0 bridgehead atoms. The molecule has 0 radical (unpaired) electrons. The molecule has 168 valence electrons. The normalized spacial score (nSPS) is 10.8. The Hall–Kier alpha value is -4.02. The Morgan fingerprint density at radius 3 is 2.33 bits per heavy atom. The first kappa shape index (κ1) is 23.6. The van der Waals surface area contributed by atoms with Crippen molar-refractivity contribution in [3.05, 3.63) is 88.2 Å². The minimum Gasteiger partial charge on any atom is -0.495 e. The maximum absolute atomic E-state index is 13.0. The second-order valence-electron chi connectivity index (χ2n) is 6.80. The molecule has 0 aliphatic heterocycles. The molecule has 33 heavy (non-hydrogen) atoms. The molecule has 0 aromatic heterocycles. The second kappa shape index (κ2) is 11.0. The van der Waals surface area contributed by atoms with Crippen molar-refractivity contribution in [2.75, 3.05) is 19.5 Å². The molecule has 1 amide bonds. The fourth-order valence-electron chi connectivity index (χ4n) is 2.87. The van der Waals surface area contributed by atoms with Crippen molar-refractivity contribution in [3.63, 3.8) is 0 Å². The van der Waals surface area contributed by atoms with Crippen molar-refractivity contribution in [1.82, 2.24) is 0 Å². The highest BCUT2D eigenvalue weighted by atomic mass is 35.5. The maximum atomic E-state index is 13.0. The number of carbonyl (C=O) groups is 1. The lowest BCUT2D eigenvalue weighted by molar-refractivity contribution is -0.112. The molecular formula is C25H20ClFN2O4. The first-order chi connectivity index (χ1) is 15.9. The van der Waals surface area contributed by atoms with Crippen LogP contribution in [0.1, 0.15) is 11.1 Å². The first-order valence-electron chi connectivity index (χ1n) is 9.75. The molecule has 0 heterocycles. The topological polar surface area (TPSA) is 80.6 Å². The zero-order valence-corrected chi connectivity index (χ0v) is 18.7. The van der Waals surface area contributed by atoms with E-state index < -0.39 is 5.91 Å². The molecule has 0 saturated carbocycles. The molecule has 0 saturated heterocycles. The summed E-state index contributed by atoms with van der Waals surface area (Å²) in [4.78, 5) is 12.7. The summed E-state index contributed by atoms with van der Waals surface area (Å²) in [6.45, 7) is 0.285. The minimum absolute atomic E-state index is 0.106. The third-order valence-electron chi connectivity index (χ3n) is 4.60.